The second-order valence-corrected chi connectivity index (χ2v) is 5.66. The predicted molar refractivity (Wildman–Crippen MR) is 78.0 cm³/mol. The molecule has 2 nitrogen and oxygen atoms in total. The van der Waals surface area contributed by atoms with E-state index >= 15 is 0 Å². The SMILES string of the molecule is BC(C)(CCCCCCCCC)NC(=O)CC. The molecule has 0 bridgehead atoms. The highest BCUT2D eigenvalue weighted by atomic mass is 16.1. The fourth-order valence-corrected chi connectivity index (χ4v) is 2.05. The Bertz CT molecular complexity index is 204. The quantitative estimate of drug-likeness (QED) is 0.461. The summed E-state index contributed by atoms with van der Waals surface area (Å²) in [6, 6.07) is 0. The molecule has 17 heavy (non-hydrogen) atoms. The number of nitrogens with one attached hydrogen (secondary N) is 1. The second kappa shape index (κ2) is 9.55. The molecule has 0 heterocycles. The van der Waals surface area contributed by atoms with Crippen molar-refractivity contribution < 1.29 is 4.79 Å². The summed E-state index contributed by atoms with van der Waals surface area (Å²) in [4.78, 5) is 11.3. The molecule has 0 aromatic heterocycles. The third-order valence-corrected chi connectivity index (χ3v) is 3.20. The van der Waals surface area contributed by atoms with Crippen molar-refractivity contribution in [3.05, 3.63) is 0 Å². The molecule has 3 heteroatoms. The summed E-state index contributed by atoms with van der Waals surface area (Å²) in [7, 11) is 2.12. The number of rotatable bonds is 10. The zero-order valence-electron chi connectivity index (χ0n) is 12.3. The Kier molecular flexibility index (Phi) is 9.29. The second-order valence-electron chi connectivity index (χ2n) is 5.66. The van der Waals surface area contributed by atoms with Gasteiger partial charge in [-0.05, 0) is 13.3 Å². The summed E-state index contributed by atoms with van der Waals surface area (Å²) in [6.07, 6.45) is 11.0. The molecular weight excluding hydrogens is 209 g/mol. The van der Waals surface area contributed by atoms with Gasteiger partial charge in [-0.15, -0.1) is 0 Å². The first-order valence-corrected chi connectivity index (χ1v) is 7.33. The fraction of sp³-hybridized carbons (Fsp3) is 0.929. The minimum atomic E-state index is -0.0312. The summed E-state index contributed by atoms with van der Waals surface area (Å²) < 4.78 is 0. The van der Waals surface area contributed by atoms with Crippen molar-refractivity contribution >= 4 is 13.8 Å². The van der Waals surface area contributed by atoms with E-state index in [1.165, 1.54) is 44.9 Å². The van der Waals surface area contributed by atoms with E-state index in [0.29, 0.717) is 6.42 Å². The summed E-state index contributed by atoms with van der Waals surface area (Å²) in [6.45, 7) is 6.27. The molecule has 0 aliphatic heterocycles. The number of carbonyl (C=O) groups excluding carboxylic acids is 1. The van der Waals surface area contributed by atoms with Gasteiger partial charge in [0, 0.05) is 11.9 Å². The molecule has 0 aliphatic rings. The first-order valence-electron chi connectivity index (χ1n) is 7.33. The van der Waals surface area contributed by atoms with E-state index in [0.717, 1.165) is 6.42 Å². The molecule has 0 aliphatic carbocycles. The molecule has 0 fully saturated rings. The lowest BCUT2D eigenvalue weighted by Crippen LogP contribution is -2.46. The molecule has 0 radical (unpaired) electrons. The van der Waals surface area contributed by atoms with Gasteiger partial charge in [0.05, 0.1) is 0 Å². The molecule has 0 spiro atoms. The van der Waals surface area contributed by atoms with Gasteiger partial charge < -0.3 is 5.32 Å². The standard InChI is InChI=1S/C14H30BNO/c1-4-6-7-8-9-10-11-12-14(3,15)16-13(17)5-2/h4-12,15H2,1-3H3,(H,16,17). The zero-order valence-corrected chi connectivity index (χ0v) is 12.3. The maximum absolute atomic E-state index is 11.3. The van der Waals surface area contributed by atoms with Crippen LogP contribution < -0.4 is 5.32 Å². The van der Waals surface area contributed by atoms with E-state index in [1.807, 2.05) is 6.92 Å². The van der Waals surface area contributed by atoms with Crippen molar-refractivity contribution in [1.29, 1.82) is 0 Å². The lowest BCUT2D eigenvalue weighted by atomic mass is 9.75. The number of hydrogen-bond donors (Lipinski definition) is 1. The smallest absolute Gasteiger partial charge is 0.219 e. The van der Waals surface area contributed by atoms with Crippen LogP contribution in [0.3, 0.4) is 0 Å². The van der Waals surface area contributed by atoms with Crippen molar-refractivity contribution in [2.75, 3.05) is 0 Å². The maximum Gasteiger partial charge on any atom is 0.219 e. The minimum Gasteiger partial charge on any atom is -0.359 e. The van der Waals surface area contributed by atoms with E-state index in [9.17, 15) is 4.79 Å². The monoisotopic (exact) mass is 239 g/mol. The first-order chi connectivity index (χ1) is 8.02. The molecule has 0 rings (SSSR count). The molecule has 1 unspecified atom stereocenters. The van der Waals surface area contributed by atoms with E-state index in [2.05, 4.69) is 27.0 Å². The molecular formula is C14H30BNO. The third-order valence-electron chi connectivity index (χ3n) is 3.20. The Hall–Kier alpha value is -0.465. The van der Waals surface area contributed by atoms with Crippen LogP contribution in [0, 0.1) is 0 Å². The summed E-state index contributed by atoms with van der Waals surface area (Å²) >= 11 is 0. The average molecular weight is 239 g/mol. The Morgan fingerprint density at radius 3 is 2.12 bits per heavy atom. The average Bonchev–Trinajstić information content (AvgIpc) is 2.27. The summed E-state index contributed by atoms with van der Waals surface area (Å²) in [5, 5.41) is 3.08. The van der Waals surface area contributed by atoms with Crippen LogP contribution in [-0.2, 0) is 4.79 Å². The normalized spacial score (nSPS) is 14.3. The van der Waals surface area contributed by atoms with E-state index in [4.69, 9.17) is 0 Å². The highest BCUT2D eigenvalue weighted by Crippen LogP contribution is 2.13. The van der Waals surface area contributed by atoms with E-state index < -0.39 is 0 Å². The first kappa shape index (κ1) is 16.5. The van der Waals surface area contributed by atoms with Gasteiger partial charge in [0.15, 0.2) is 0 Å². The highest BCUT2D eigenvalue weighted by molar-refractivity contribution is 6.16. The Morgan fingerprint density at radius 2 is 1.59 bits per heavy atom. The van der Waals surface area contributed by atoms with Gasteiger partial charge in [-0.1, -0.05) is 58.8 Å². The van der Waals surface area contributed by atoms with Crippen molar-refractivity contribution in [3.63, 3.8) is 0 Å². The summed E-state index contributed by atoms with van der Waals surface area (Å²) in [5.74, 6) is 0.165. The van der Waals surface area contributed by atoms with Crippen LogP contribution >= 0.6 is 0 Å². The topological polar surface area (TPSA) is 29.1 Å². The van der Waals surface area contributed by atoms with Crippen molar-refractivity contribution in [2.24, 2.45) is 0 Å². The molecule has 100 valence electrons. The van der Waals surface area contributed by atoms with Crippen molar-refractivity contribution in [3.8, 4) is 0 Å². The van der Waals surface area contributed by atoms with Gasteiger partial charge in [0.25, 0.3) is 0 Å². The van der Waals surface area contributed by atoms with Gasteiger partial charge in [0.2, 0.25) is 5.91 Å². The predicted octanol–water partition coefficient (Wildman–Crippen LogP) is 3.00. The van der Waals surface area contributed by atoms with Crippen LogP contribution in [0.5, 0.6) is 0 Å². The largest absolute Gasteiger partial charge is 0.359 e. The Labute approximate surface area is 108 Å². The highest BCUT2D eigenvalue weighted by Gasteiger charge is 2.18. The number of amides is 1. The van der Waals surface area contributed by atoms with E-state index in [1.54, 1.807) is 0 Å². The molecule has 0 saturated heterocycles. The molecule has 0 aromatic rings. The lowest BCUT2D eigenvalue weighted by molar-refractivity contribution is -0.121. The van der Waals surface area contributed by atoms with Gasteiger partial charge in [-0.3, -0.25) is 4.79 Å². The van der Waals surface area contributed by atoms with Crippen LogP contribution in [0.15, 0.2) is 0 Å². The van der Waals surface area contributed by atoms with Crippen LogP contribution in [-0.4, -0.2) is 19.2 Å². The van der Waals surface area contributed by atoms with Crippen LogP contribution in [0.25, 0.3) is 0 Å². The molecule has 0 aromatic carbocycles. The van der Waals surface area contributed by atoms with Crippen molar-refractivity contribution in [2.45, 2.75) is 84.0 Å². The van der Waals surface area contributed by atoms with Gasteiger partial charge in [0.1, 0.15) is 7.85 Å². The fourth-order valence-electron chi connectivity index (χ4n) is 2.05. The number of unbranched alkanes of at least 4 members (excludes halogenated alkanes) is 6. The van der Waals surface area contributed by atoms with Gasteiger partial charge in [-0.2, -0.15) is 0 Å². The number of carbonyl (C=O) groups is 1. The zero-order chi connectivity index (χ0) is 13.1. The maximum atomic E-state index is 11.3. The van der Waals surface area contributed by atoms with Crippen LogP contribution in [0.4, 0.5) is 0 Å². The van der Waals surface area contributed by atoms with Gasteiger partial charge in [-0.25, -0.2) is 0 Å². The third kappa shape index (κ3) is 10.4. The van der Waals surface area contributed by atoms with Crippen molar-refractivity contribution in [1.82, 2.24) is 5.32 Å². The lowest BCUT2D eigenvalue weighted by Gasteiger charge is -2.26. The number of hydrogen-bond acceptors (Lipinski definition) is 1. The van der Waals surface area contributed by atoms with Crippen LogP contribution in [0.1, 0.15) is 78.6 Å². The molecule has 1 amide bonds. The minimum absolute atomic E-state index is 0.0312. The molecule has 1 N–H and O–H groups in total. The Balaban J connectivity index is 3.48. The van der Waals surface area contributed by atoms with Gasteiger partial charge >= 0.3 is 0 Å². The van der Waals surface area contributed by atoms with E-state index in [-0.39, 0.29) is 11.3 Å². The summed E-state index contributed by atoms with van der Waals surface area (Å²) in [5.41, 5.74) is -0.0312. The molecule has 0 saturated carbocycles. The Morgan fingerprint density at radius 1 is 1.06 bits per heavy atom. The molecule has 1 atom stereocenters. The van der Waals surface area contributed by atoms with Crippen LogP contribution in [0.2, 0.25) is 0 Å².